The van der Waals surface area contributed by atoms with Gasteiger partial charge in [-0.05, 0) is 45.8 Å². The van der Waals surface area contributed by atoms with E-state index in [-0.39, 0.29) is 6.09 Å². The summed E-state index contributed by atoms with van der Waals surface area (Å²) in [5, 5.41) is 1.11. The van der Waals surface area contributed by atoms with Crippen LogP contribution in [0.3, 0.4) is 0 Å². The number of nitrogens with zero attached hydrogens (tertiary/aromatic N) is 4. The van der Waals surface area contributed by atoms with Gasteiger partial charge in [0.25, 0.3) is 0 Å². The number of likely N-dealkylation sites (tertiary alicyclic amines) is 1. The van der Waals surface area contributed by atoms with Gasteiger partial charge in [0.05, 0.1) is 0 Å². The van der Waals surface area contributed by atoms with Gasteiger partial charge in [-0.1, -0.05) is 23.4 Å². The van der Waals surface area contributed by atoms with E-state index in [9.17, 15) is 4.79 Å². The molecule has 0 radical (unpaired) electrons. The number of carbonyl (C=O) groups excluding carboxylic acids is 1. The smallest absolute Gasteiger partial charge is 0.410 e. The fourth-order valence-electron chi connectivity index (χ4n) is 2.86. The number of anilines is 1. The zero-order valence-electron chi connectivity index (χ0n) is 15.6. The number of amides is 1. The van der Waals surface area contributed by atoms with Gasteiger partial charge in [0.15, 0.2) is 5.16 Å². The largest absolute Gasteiger partial charge is 0.444 e. The molecule has 1 atom stereocenters. The molecular formula is C17H27ClN4O2S. The molecule has 2 heterocycles. The van der Waals surface area contributed by atoms with Gasteiger partial charge in [-0.15, -0.1) is 0 Å². The van der Waals surface area contributed by atoms with Crippen molar-refractivity contribution in [3.63, 3.8) is 0 Å². The summed E-state index contributed by atoms with van der Waals surface area (Å²) in [5.74, 6) is 1.18. The third-order valence-corrected chi connectivity index (χ3v) is 4.68. The standard InChI is InChI=1S/C17H27ClN4O2S/c1-17(2,3)24-16(23)22-8-6-7-12(11-22)10-21(4)14-9-13(18)19-15(20-14)25-5/h9,12H,6-8,10-11H2,1-5H3/t12-/m1/s1. The summed E-state index contributed by atoms with van der Waals surface area (Å²) in [6, 6.07) is 1.77. The van der Waals surface area contributed by atoms with Gasteiger partial charge in [-0.25, -0.2) is 14.8 Å². The van der Waals surface area contributed by atoms with E-state index in [1.807, 2.05) is 39.0 Å². The van der Waals surface area contributed by atoms with Gasteiger partial charge in [0.1, 0.15) is 16.6 Å². The summed E-state index contributed by atoms with van der Waals surface area (Å²) in [6.45, 7) is 7.94. The molecule has 6 nitrogen and oxygen atoms in total. The molecular weight excluding hydrogens is 360 g/mol. The van der Waals surface area contributed by atoms with E-state index in [2.05, 4.69) is 14.9 Å². The molecule has 1 amide bonds. The highest BCUT2D eigenvalue weighted by atomic mass is 35.5. The zero-order chi connectivity index (χ0) is 18.6. The average molecular weight is 387 g/mol. The van der Waals surface area contributed by atoms with Crippen LogP contribution in [-0.2, 0) is 4.74 Å². The minimum absolute atomic E-state index is 0.227. The summed E-state index contributed by atoms with van der Waals surface area (Å²) in [6.07, 6.45) is 3.76. The molecule has 8 heteroatoms. The molecule has 1 aliphatic rings. The number of thioether (sulfide) groups is 1. The SMILES string of the molecule is CSc1nc(Cl)cc(N(C)C[C@H]2CCCN(C(=O)OC(C)(C)C)C2)n1. The monoisotopic (exact) mass is 386 g/mol. The number of aromatic nitrogens is 2. The highest BCUT2D eigenvalue weighted by Crippen LogP contribution is 2.24. The van der Waals surface area contributed by atoms with E-state index >= 15 is 0 Å². The van der Waals surface area contributed by atoms with Crippen molar-refractivity contribution in [3.05, 3.63) is 11.2 Å². The Bertz CT molecular complexity index is 609. The second-order valence-corrected chi connectivity index (χ2v) is 8.51. The van der Waals surface area contributed by atoms with Crippen LogP contribution in [0, 0.1) is 5.92 Å². The lowest BCUT2D eigenvalue weighted by Crippen LogP contribution is -2.45. The molecule has 1 saturated heterocycles. The number of hydrogen-bond acceptors (Lipinski definition) is 6. The first-order chi connectivity index (χ1) is 11.7. The van der Waals surface area contributed by atoms with Crippen molar-refractivity contribution in [1.29, 1.82) is 0 Å². The summed E-state index contributed by atoms with van der Waals surface area (Å²) >= 11 is 7.55. The zero-order valence-corrected chi connectivity index (χ0v) is 17.2. The lowest BCUT2D eigenvalue weighted by atomic mass is 9.98. The second-order valence-electron chi connectivity index (χ2n) is 7.35. The van der Waals surface area contributed by atoms with Gasteiger partial charge in [-0.3, -0.25) is 0 Å². The Balaban J connectivity index is 1.98. The number of carbonyl (C=O) groups is 1. The average Bonchev–Trinajstić information content (AvgIpc) is 2.52. The van der Waals surface area contributed by atoms with Crippen LogP contribution in [0.2, 0.25) is 5.15 Å². The van der Waals surface area contributed by atoms with Crippen LogP contribution < -0.4 is 4.90 Å². The number of hydrogen-bond donors (Lipinski definition) is 0. The van der Waals surface area contributed by atoms with E-state index in [0.717, 1.165) is 31.7 Å². The van der Waals surface area contributed by atoms with Crippen molar-refractivity contribution in [1.82, 2.24) is 14.9 Å². The molecule has 2 rings (SSSR count). The predicted molar refractivity (Wildman–Crippen MR) is 103 cm³/mol. The molecule has 1 aromatic heterocycles. The molecule has 0 N–H and O–H groups in total. The first kappa shape index (κ1) is 20.1. The van der Waals surface area contributed by atoms with Crippen molar-refractivity contribution in [2.75, 3.05) is 37.8 Å². The quantitative estimate of drug-likeness (QED) is 0.444. The fourth-order valence-corrected chi connectivity index (χ4v) is 3.46. The summed E-state index contributed by atoms with van der Waals surface area (Å²) in [5.41, 5.74) is -0.466. The lowest BCUT2D eigenvalue weighted by Gasteiger charge is -2.35. The number of rotatable bonds is 4. The molecule has 0 aliphatic carbocycles. The normalized spacial score (nSPS) is 18.2. The Morgan fingerprint density at radius 1 is 1.48 bits per heavy atom. The first-order valence-corrected chi connectivity index (χ1v) is 10.1. The fraction of sp³-hybridized carbons (Fsp3) is 0.706. The van der Waals surface area contributed by atoms with Crippen LogP contribution in [0.5, 0.6) is 0 Å². The van der Waals surface area contributed by atoms with Crippen molar-refractivity contribution >= 4 is 35.3 Å². The predicted octanol–water partition coefficient (Wildman–Crippen LogP) is 3.94. The van der Waals surface area contributed by atoms with Crippen LogP contribution in [0.15, 0.2) is 11.2 Å². The molecule has 140 valence electrons. The number of ether oxygens (including phenoxy) is 1. The highest BCUT2D eigenvalue weighted by molar-refractivity contribution is 7.98. The van der Waals surface area contributed by atoms with E-state index in [1.165, 1.54) is 11.8 Å². The van der Waals surface area contributed by atoms with Crippen molar-refractivity contribution in [3.8, 4) is 0 Å². The van der Waals surface area contributed by atoms with Gasteiger partial charge in [0, 0.05) is 32.7 Å². The van der Waals surface area contributed by atoms with Crippen LogP contribution in [-0.4, -0.2) is 59.5 Å². The van der Waals surface area contributed by atoms with Crippen molar-refractivity contribution in [2.45, 2.75) is 44.4 Å². The van der Waals surface area contributed by atoms with Crippen LogP contribution in [0.4, 0.5) is 10.6 Å². The second kappa shape index (κ2) is 8.45. The van der Waals surface area contributed by atoms with Crippen LogP contribution in [0.25, 0.3) is 0 Å². The molecule has 0 bridgehead atoms. The van der Waals surface area contributed by atoms with Gasteiger partial charge in [-0.2, -0.15) is 0 Å². The minimum atomic E-state index is -0.466. The van der Waals surface area contributed by atoms with Crippen LogP contribution >= 0.6 is 23.4 Å². The third kappa shape index (κ3) is 6.22. The Morgan fingerprint density at radius 2 is 2.20 bits per heavy atom. The van der Waals surface area contributed by atoms with Crippen molar-refractivity contribution in [2.24, 2.45) is 5.92 Å². The van der Waals surface area contributed by atoms with E-state index < -0.39 is 5.60 Å². The molecule has 0 saturated carbocycles. The van der Waals surface area contributed by atoms with E-state index in [4.69, 9.17) is 16.3 Å². The molecule has 25 heavy (non-hydrogen) atoms. The Kier molecular flexibility index (Phi) is 6.79. The lowest BCUT2D eigenvalue weighted by molar-refractivity contribution is 0.0170. The third-order valence-electron chi connectivity index (χ3n) is 3.94. The summed E-state index contributed by atoms with van der Waals surface area (Å²) in [7, 11) is 2.00. The summed E-state index contributed by atoms with van der Waals surface area (Å²) in [4.78, 5) is 24.9. The minimum Gasteiger partial charge on any atom is -0.444 e. The van der Waals surface area contributed by atoms with Gasteiger partial charge < -0.3 is 14.5 Å². The maximum absolute atomic E-state index is 12.3. The van der Waals surface area contributed by atoms with E-state index in [0.29, 0.717) is 22.8 Å². The Labute approximate surface area is 159 Å². The molecule has 1 aromatic rings. The number of halogens is 1. The number of piperidine rings is 1. The molecule has 1 fully saturated rings. The summed E-state index contributed by atoms with van der Waals surface area (Å²) < 4.78 is 5.49. The molecule has 0 unspecified atom stereocenters. The van der Waals surface area contributed by atoms with Crippen molar-refractivity contribution < 1.29 is 9.53 Å². The van der Waals surface area contributed by atoms with E-state index in [1.54, 1.807) is 6.07 Å². The van der Waals surface area contributed by atoms with Gasteiger partial charge in [0.2, 0.25) is 0 Å². The van der Waals surface area contributed by atoms with Gasteiger partial charge >= 0.3 is 6.09 Å². The Hall–Kier alpha value is -1.21. The molecule has 0 aromatic carbocycles. The molecule has 1 aliphatic heterocycles. The highest BCUT2D eigenvalue weighted by Gasteiger charge is 2.28. The van der Waals surface area contributed by atoms with Crippen LogP contribution in [0.1, 0.15) is 33.6 Å². The first-order valence-electron chi connectivity index (χ1n) is 8.45. The maximum atomic E-state index is 12.3. The topological polar surface area (TPSA) is 58.6 Å². The molecule has 0 spiro atoms. The Morgan fingerprint density at radius 3 is 2.84 bits per heavy atom. The maximum Gasteiger partial charge on any atom is 0.410 e.